The number of imidazole rings is 2. The standard InChI is InChI=1S/C38H36N12O6S2/c51-35-29-5-1-7-31(39-17-3-19-45-57(53,54)27-13-9-25(10-14-27)47-49-37-41-21-22-42-37)33(29)36(52)34-30(35)6-2-8-32(34)40-18-4-20-46-58(55,56)28-15-11-26(12-16-28)48-50-38-43-23-24-44-38/h1-2,5-16,21-24,39-40,45-46H,3-4,17-20H2,(H,41,42)(H,43,44). The van der Waals surface area contributed by atoms with E-state index in [-0.39, 0.29) is 56.7 Å². The van der Waals surface area contributed by atoms with E-state index < -0.39 is 20.0 Å². The van der Waals surface area contributed by atoms with E-state index >= 15 is 0 Å². The Labute approximate surface area is 332 Å². The smallest absolute Gasteiger partial charge is 0.246 e. The lowest BCUT2D eigenvalue weighted by Crippen LogP contribution is -2.27. The second kappa shape index (κ2) is 17.6. The third kappa shape index (κ3) is 9.27. The van der Waals surface area contributed by atoms with Gasteiger partial charge in [0.2, 0.25) is 31.9 Å². The Kier molecular flexibility index (Phi) is 12.0. The van der Waals surface area contributed by atoms with Crippen LogP contribution in [-0.2, 0) is 20.0 Å². The summed E-state index contributed by atoms with van der Waals surface area (Å²) in [5.41, 5.74) is 2.77. The SMILES string of the molecule is O=C1c2cccc(NCCCNS(=O)(=O)c3ccc(N=Nc4ncc[nH]4)cc3)c2C(=O)c2c(NCCCNS(=O)(=O)c3ccc(N=Nc4ncc[nH]4)cc3)cccc21. The molecule has 1 aliphatic carbocycles. The molecule has 1 aliphatic rings. The highest BCUT2D eigenvalue weighted by molar-refractivity contribution is 7.89. The first-order valence-corrected chi connectivity index (χ1v) is 20.9. The number of fused-ring (bicyclic) bond motifs is 2. The molecule has 7 rings (SSSR count). The summed E-state index contributed by atoms with van der Waals surface area (Å²) in [6.07, 6.45) is 7.05. The minimum atomic E-state index is -3.81. The number of azo groups is 2. The normalized spacial score (nSPS) is 12.9. The van der Waals surface area contributed by atoms with Gasteiger partial charge in [-0.25, -0.2) is 36.2 Å². The van der Waals surface area contributed by atoms with Gasteiger partial charge in [0, 0.05) is 73.5 Å². The molecule has 0 saturated carbocycles. The second-order valence-corrected chi connectivity index (χ2v) is 16.2. The number of anilines is 2. The summed E-state index contributed by atoms with van der Waals surface area (Å²) >= 11 is 0. The van der Waals surface area contributed by atoms with Gasteiger partial charge >= 0.3 is 0 Å². The lowest BCUT2D eigenvalue weighted by molar-refractivity contribution is 0.0980. The lowest BCUT2D eigenvalue weighted by atomic mass is 9.82. The van der Waals surface area contributed by atoms with Crippen molar-refractivity contribution in [3.63, 3.8) is 0 Å². The zero-order valence-corrected chi connectivity index (χ0v) is 32.2. The third-order valence-electron chi connectivity index (χ3n) is 8.78. The average molecular weight is 821 g/mol. The van der Waals surface area contributed by atoms with E-state index in [9.17, 15) is 26.4 Å². The molecule has 0 fully saturated rings. The van der Waals surface area contributed by atoms with Crippen molar-refractivity contribution in [2.24, 2.45) is 20.5 Å². The summed E-state index contributed by atoms with van der Waals surface area (Å²) in [6, 6.07) is 21.8. The zero-order chi connectivity index (χ0) is 40.5. The molecule has 2 aromatic heterocycles. The van der Waals surface area contributed by atoms with Crippen LogP contribution >= 0.6 is 0 Å². The summed E-state index contributed by atoms with van der Waals surface area (Å²) < 4.78 is 56.7. The van der Waals surface area contributed by atoms with Crippen LogP contribution in [0.5, 0.6) is 0 Å². The number of aromatic nitrogens is 4. The summed E-state index contributed by atoms with van der Waals surface area (Å²) in [4.78, 5) is 41.3. The molecule has 296 valence electrons. The maximum Gasteiger partial charge on any atom is 0.246 e. The Morgan fingerprint density at radius 2 is 0.948 bits per heavy atom. The summed E-state index contributed by atoms with van der Waals surface area (Å²) in [6.45, 7) is 0.819. The van der Waals surface area contributed by atoms with Gasteiger partial charge in [-0.15, -0.1) is 20.5 Å². The number of hydrogen-bond donors (Lipinski definition) is 6. The molecule has 0 saturated heterocycles. The second-order valence-electron chi connectivity index (χ2n) is 12.7. The first-order chi connectivity index (χ1) is 28.1. The molecule has 2 heterocycles. The van der Waals surface area contributed by atoms with Crippen LogP contribution in [0.3, 0.4) is 0 Å². The van der Waals surface area contributed by atoms with Crippen molar-refractivity contribution in [2.75, 3.05) is 36.8 Å². The summed E-state index contributed by atoms with van der Waals surface area (Å²) in [5.74, 6) is -0.00558. The van der Waals surface area contributed by atoms with Crippen LogP contribution in [0.25, 0.3) is 0 Å². The molecular weight excluding hydrogens is 785 g/mol. The largest absolute Gasteiger partial charge is 0.384 e. The Balaban J connectivity index is 0.911. The van der Waals surface area contributed by atoms with E-state index in [2.05, 4.69) is 60.5 Å². The van der Waals surface area contributed by atoms with Crippen molar-refractivity contribution in [1.82, 2.24) is 29.4 Å². The van der Waals surface area contributed by atoms with Crippen LogP contribution in [0.2, 0.25) is 0 Å². The van der Waals surface area contributed by atoms with Crippen molar-refractivity contribution in [2.45, 2.75) is 22.6 Å². The fourth-order valence-electron chi connectivity index (χ4n) is 5.96. The van der Waals surface area contributed by atoms with Gasteiger partial charge in [-0.2, -0.15) is 0 Å². The Morgan fingerprint density at radius 3 is 1.34 bits per heavy atom. The highest BCUT2D eigenvalue weighted by Crippen LogP contribution is 2.35. The van der Waals surface area contributed by atoms with Crippen molar-refractivity contribution in [1.29, 1.82) is 0 Å². The van der Waals surface area contributed by atoms with Crippen LogP contribution in [0.4, 0.5) is 34.6 Å². The van der Waals surface area contributed by atoms with E-state index in [4.69, 9.17) is 0 Å². The quantitative estimate of drug-likeness (QED) is 0.0416. The predicted octanol–water partition coefficient (Wildman–Crippen LogP) is 6.30. The molecular formula is C38H36N12O6S2. The Morgan fingerprint density at radius 1 is 0.517 bits per heavy atom. The van der Waals surface area contributed by atoms with E-state index in [0.717, 1.165) is 0 Å². The minimum absolute atomic E-state index is 0.0660. The van der Waals surface area contributed by atoms with E-state index in [1.54, 1.807) is 61.2 Å². The summed E-state index contributed by atoms with van der Waals surface area (Å²) in [7, 11) is -7.61. The highest BCUT2D eigenvalue weighted by atomic mass is 32.2. The van der Waals surface area contributed by atoms with Crippen LogP contribution in [0.15, 0.2) is 140 Å². The van der Waals surface area contributed by atoms with E-state index in [1.807, 2.05) is 0 Å². The van der Waals surface area contributed by atoms with Gasteiger partial charge in [-0.3, -0.25) is 9.59 Å². The topological polar surface area (TPSA) is 257 Å². The molecule has 0 spiro atoms. The molecule has 0 amide bonds. The van der Waals surface area contributed by atoms with E-state index in [0.29, 0.717) is 60.6 Å². The minimum Gasteiger partial charge on any atom is -0.384 e. The maximum absolute atomic E-state index is 14.0. The van der Waals surface area contributed by atoms with Gasteiger partial charge in [-0.05, 0) is 73.5 Å². The molecule has 6 aromatic rings. The van der Waals surface area contributed by atoms with Crippen molar-refractivity contribution in [3.05, 3.63) is 132 Å². The molecule has 0 atom stereocenters. The van der Waals surface area contributed by atoms with Crippen LogP contribution < -0.4 is 20.1 Å². The molecule has 0 unspecified atom stereocenters. The first kappa shape index (κ1) is 39.5. The summed E-state index contributed by atoms with van der Waals surface area (Å²) in [5, 5.41) is 22.3. The van der Waals surface area contributed by atoms with Gasteiger partial charge in [0.05, 0.1) is 32.3 Å². The van der Waals surface area contributed by atoms with E-state index in [1.165, 1.54) is 48.5 Å². The molecule has 20 heteroatoms. The zero-order valence-electron chi connectivity index (χ0n) is 30.6. The highest BCUT2D eigenvalue weighted by Gasteiger charge is 2.33. The van der Waals surface area contributed by atoms with Crippen LogP contribution in [0, 0.1) is 0 Å². The number of nitrogens with one attached hydrogen (secondary N) is 6. The molecule has 18 nitrogen and oxygen atoms in total. The van der Waals surface area contributed by atoms with Gasteiger partial charge in [-0.1, -0.05) is 24.3 Å². The van der Waals surface area contributed by atoms with Gasteiger partial charge < -0.3 is 20.6 Å². The number of hydrogen-bond acceptors (Lipinski definition) is 14. The number of nitrogens with zero attached hydrogens (tertiary/aromatic N) is 6. The molecule has 0 radical (unpaired) electrons. The number of carbonyl (C=O) groups excluding carboxylic acids is 2. The lowest BCUT2D eigenvalue weighted by Gasteiger charge is -2.23. The Bertz CT molecular complexity index is 2500. The molecule has 4 aromatic carbocycles. The van der Waals surface area contributed by atoms with Gasteiger partial charge in [0.1, 0.15) is 0 Å². The van der Waals surface area contributed by atoms with Gasteiger partial charge in [0.25, 0.3) is 0 Å². The number of carbonyl (C=O) groups is 2. The number of H-pyrrole nitrogens is 2. The molecule has 0 bridgehead atoms. The fraction of sp³-hybridized carbons (Fsp3) is 0.158. The van der Waals surface area contributed by atoms with Gasteiger partial charge in [0.15, 0.2) is 11.6 Å². The number of rotatable bonds is 18. The maximum atomic E-state index is 14.0. The van der Waals surface area contributed by atoms with Crippen molar-refractivity contribution >= 4 is 66.3 Å². The number of ketones is 2. The third-order valence-corrected chi connectivity index (χ3v) is 11.7. The Hall–Kier alpha value is -6.74. The number of benzene rings is 4. The number of aromatic amines is 2. The molecule has 0 aliphatic heterocycles. The van der Waals surface area contributed by atoms with Crippen molar-refractivity contribution in [3.8, 4) is 0 Å². The fourth-order valence-corrected chi connectivity index (χ4v) is 8.11. The predicted molar refractivity (Wildman–Crippen MR) is 215 cm³/mol. The van der Waals surface area contributed by atoms with Crippen LogP contribution in [0.1, 0.15) is 44.7 Å². The average Bonchev–Trinajstić information content (AvgIpc) is 3.97. The monoisotopic (exact) mass is 820 g/mol. The first-order valence-electron chi connectivity index (χ1n) is 17.9. The number of sulfonamides is 2. The van der Waals surface area contributed by atoms with Crippen molar-refractivity contribution < 1.29 is 26.4 Å². The van der Waals surface area contributed by atoms with Crippen LogP contribution in [-0.4, -0.2) is 74.5 Å². The molecule has 6 N–H and O–H groups in total. The molecule has 58 heavy (non-hydrogen) atoms.